The van der Waals surface area contributed by atoms with Crippen LogP contribution in [0.15, 0.2) is 18.5 Å². The van der Waals surface area contributed by atoms with Crippen LogP contribution in [0.25, 0.3) is 0 Å². The fourth-order valence-corrected chi connectivity index (χ4v) is 1.95. The molecule has 0 aromatic carbocycles. The Labute approximate surface area is 84.7 Å². The molecule has 0 aliphatic heterocycles. The molecular formula is C11H17N3. The van der Waals surface area contributed by atoms with Crippen molar-refractivity contribution in [3.8, 4) is 0 Å². The highest BCUT2D eigenvalue weighted by Gasteiger charge is 2.32. The van der Waals surface area contributed by atoms with E-state index in [1.165, 1.54) is 24.0 Å². The highest BCUT2D eigenvalue weighted by molar-refractivity contribution is 5.28. The summed E-state index contributed by atoms with van der Waals surface area (Å²) < 4.78 is 0. The molecule has 0 radical (unpaired) electrons. The van der Waals surface area contributed by atoms with Crippen LogP contribution in [0.2, 0.25) is 0 Å². The van der Waals surface area contributed by atoms with Crippen molar-refractivity contribution < 1.29 is 0 Å². The molecule has 0 saturated heterocycles. The zero-order chi connectivity index (χ0) is 9.97. The molecule has 1 atom stereocenters. The number of nitrogens with one attached hydrogen (secondary N) is 1. The normalized spacial score (nSPS) is 18.1. The number of pyridine rings is 1. The first kappa shape index (κ1) is 9.62. The summed E-state index contributed by atoms with van der Waals surface area (Å²) in [5.41, 5.74) is 5.56. The summed E-state index contributed by atoms with van der Waals surface area (Å²) >= 11 is 0. The Bertz CT molecular complexity index is 307. The van der Waals surface area contributed by atoms with Gasteiger partial charge in [-0.15, -0.1) is 0 Å². The monoisotopic (exact) mass is 191 g/mol. The highest BCUT2D eigenvalue weighted by atomic mass is 15.2. The number of hydrogen-bond acceptors (Lipinski definition) is 3. The standard InChI is InChI=1S/C11H17N3/c1-2-8-7-13-6-5-10(8)11(14-12)9-3-4-9/h5-7,9,11,14H,2-4,12H2,1H3. The molecule has 3 nitrogen and oxygen atoms in total. The molecule has 3 heteroatoms. The second-order valence-electron chi connectivity index (χ2n) is 3.91. The molecule has 1 aliphatic carbocycles. The fraction of sp³-hybridized carbons (Fsp3) is 0.545. The summed E-state index contributed by atoms with van der Waals surface area (Å²) in [6, 6.07) is 2.41. The van der Waals surface area contributed by atoms with E-state index in [2.05, 4.69) is 23.4 Å². The Morgan fingerprint density at radius 1 is 1.64 bits per heavy atom. The Morgan fingerprint density at radius 2 is 2.43 bits per heavy atom. The number of nitrogens with two attached hydrogens (primary N) is 1. The lowest BCUT2D eigenvalue weighted by Gasteiger charge is -2.18. The minimum Gasteiger partial charge on any atom is -0.271 e. The third-order valence-electron chi connectivity index (χ3n) is 2.93. The number of hydrogen-bond donors (Lipinski definition) is 2. The largest absolute Gasteiger partial charge is 0.271 e. The molecule has 1 fully saturated rings. The summed E-state index contributed by atoms with van der Waals surface area (Å²) in [6.45, 7) is 2.15. The van der Waals surface area contributed by atoms with Crippen LogP contribution >= 0.6 is 0 Å². The van der Waals surface area contributed by atoms with Crippen LogP contribution in [0.3, 0.4) is 0 Å². The quantitative estimate of drug-likeness (QED) is 0.561. The average molecular weight is 191 g/mol. The maximum absolute atomic E-state index is 5.60. The van der Waals surface area contributed by atoms with Crippen LogP contribution < -0.4 is 11.3 Å². The fourth-order valence-electron chi connectivity index (χ4n) is 1.95. The number of aryl methyl sites for hydroxylation is 1. The molecule has 2 rings (SSSR count). The van der Waals surface area contributed by atoms with Gasteiger partial charge >= 0.3 is 0 Å². The lowest BCUT2D eigenvalue weighted by atomic mass is 9.98. The van der Waals surface area contributed by atoms with Gasteiger partial charge in [0.1, 0.15) is 0 Å². The van der Waals surface area contributed by atoms with Gasteiger partial charge in [0.25, 0.3) is 0 Å². The summed E-state index contributed by atoms with van der Waals surface area (Å²) in [4.78, 5) is 4.14. The molecule has 1 aliphatic rings. The summed E-state index contributed by atoms with van der Waals surface area (Å²) in [6.07, 6.45) is 7.40. The van der Waals surface area contributed by atoms with Crippen LogP contribution in [0.4, 0.5) is 0 Å². The van der Waals surface area contributed by atoms with Gasteiger partial charge in [-0.25, -0.2) is 0 Å². The van der Waals surface area contributed by atoms with E-state index >= 15 is 0 Å². The van der Waals surface area contributed by atoms with Crippen LogP contribution in [0, 0.1) is 5.92 Å². The Kier molecular flexibility index (Phi) is 2.79. The highest BCUT2D eigenvalue weighted by Crippen LogP contribution is 2.41. The van der Waals surface area contributed by atoms with Crippen molar-refractivity contribution in [1.82, 2.24) is 10.4 Å². The van der Waals surface area contributed by atoms with Gasteiger partial charge in [-0.05, 0) is 42.4 Å². The molecular weight excluding hydrogens is 174 g/mol. The Morgan fingerprint density at radius 3 is 3.00 bits per heavy atom. The predicted octanol–water partition coefficient (Wildman–Crippen LogP) is 1.56. The lowest BCUT2D eigenvalue weighted by Crippen LogP contribution is -2.30. The maximum Gasteiger partial charge on any atom is 0.0491 e. The molecule has 1 aromatic heterocycles. The third kappa shape index (κ3) is 1.79. The van der Waals surface area contributed by atoms with E-state index in [1.54, 1.807) is 0 Å². The van der Waals surface area contributed by atoms with Gasteiger partial charge < -0.3 is 0 Å². The second kappa shape index (κ2) is 4.07. The van der Waals surface area contributed by atoms with Crippen LogP contribution in [-0.2, 0) is 6.42 Å². The molecule has 0 amide bonds. The molecule has 1 saturated carbocycles. The van der Waals surface area contributed by atoms with Crippen molar-refractivity contribution in [1.29, 1.82) is 0 Å². The van der Waals surface area contributed by atoms with E-state index < -0.39 is 0 Å². The minimum absolute atomic E-state index is 0.327. The van der Waals surface area contributed by atoms with Gasteiger partial charge in [-0.2, -0.15) is 0 Å². The summed E-state index contributed by atoms with van der Waals surface area (Å²) in [5.74, 6) is 6.33. The van der Waals surface area contributed by atoms with E-state index in [4.69, 9.17) is 5.84 Å². The first-order chi connectivity index (χ1) is 6.86. The molecule has 76 valence electrons. The third-order valence-corrected chi connectivity index (χ3v) is 2.93. The Balaban J connectivity index is 2.27. The van der Waals surface area contributed by atoms with E-state index in [-0.39, 0.29) is 0 Å². The topological polar surface area (TPSA) is 50.9 Å². The van der Waals surface area contributed by atoms with Crippen molar-refractivity contribution in [3.63, 3.8) is 0 Å². The molecule has 0 bridgehead atoms. The first-order valence-electron chi connectivity index (χ1n) is 5.25. The van der Waals surface area contributed by atoms with Gasteiger partial charge in [-0.3, -0.25) is 16.3 Å². The van der Waals surface area contributed by atoms with Crippen molar-refractivity contribution in [2.45, 2.75) is 32.2 Å². The zero-order valence-electron chi connectivity index (χ0n) is 8.53. The Hall–Kier alpha value is -0.930. The number of nitrogens with zero attached hydrogens (tertiary/aromatic N) is 1. The SMILES string of the molecule is CCc1cnccc1C(NN)C1CC1. The number of hydrazine groups is 1. The van der Waals surface area contributed by atoms with Crippen LogP contribution in [0.1, 0.15) is 36.9 Å². The van der Waals surface area contributed by atoms with Crippen molar-refractivity contribution in [2.24, 2.45) is 11.8 Å². The van der Waals surface area contributed by atoms with E-state index in [0.717, 1.165) is 12.3 Å². The zero-order valence-corrected chi connectivity index (χ0v) is 8.53. The lowest BCUT2D eigenvalue weighted by molar-refractivity contribution is 0.493. The van der Waals surface area contributed by atoms with Gasteiger partial charge in [0.2, 0.25) is 0 Å². The van der Waals surface area contributed by atoms with E-state index in [0.29, 0.717) is 6.04 Å². The molecule has 3 N–H and O–H groups in total. The molecule has 1 unspecified atom stereocenters. The second-order valence-corrected chi connectivity index (χ2v) is 3.91. The van der Waals surface area contributed by atoms with Crippen molar-refractivity contribution in [2.75, 3.05) is 0 Å². The average Bonchev–Trinajstić information content (AvgIpc) is 3.04. The predicted molar refractivity (Wildman–Crippen MR) is 56.4 cm³/mol. The smallest absolute Gasteiger partial charge is 0.0491 e. The summed E-state index contributed by atoms with van der Waals surface area (Å²) in [5, 5.41) is 0. The molecule has 0 spiro atoms. The summed E-state index contributed by atoms with van der Waals surface area (Å²) in [7, 11) is 0. The van der Waals surface area contributed by atoms with Crippen LogP contribution in [0.5, 0.6) is 0 Å². The van der Waals surface area contributed by atoms with E-state index in [1.807, 2.05) is 12.4 Å². The first-order valence-corrected chi connectivity index (χ1v) is 5.25. The number of aromatic nitrogens is 1. The van der Waals surface area contributed by atoms with Gasteiger partial charge in [0, 0.05) is 18.4 Å². The van der Waals surface area contributed by atoms with Gasteiger partial charge in [0.15, 0.2) is 0 Å². The number of rotatable bonds is 4. The molecule has 1 aromatic rings. The van der Waals surface area contributed by atoms with Crippen molar-refractivity contribution in [3.05, 3.63) is 29.6 Å². The van der Waals surface area contributed by atoms with Crippen molar-refractivity contribution >= 4 is 0 Å². The molecule has 1 heterocycles. The van der Waals surface area contributed by atoms with E-state index in [9.17, 15) is 0 Å². The van der Waals surface area contributed by atoms with Gasteiger partial charge in [-0.1, -0.05) is 6.92 Å². The molecule has 14 heavy (non-hydrogen) atoms. The minimum atomic E-state index is 0.327. The van der Waals surface area contributed by atoms with Crippen LogP contribution in [-0.4, -0.2) is 4.98 Å². The maximum atomic E-state index is 5.60. The van der Waals surface area contributed by atoms with Gasteiger partial charge in [0.05, 0.1) is 0 Å².